The number of amides is 1. The lowest BCUT2D eigenvalue weighted by atomic mass is 9.90. The summed E-state index contributed by atoms with van der Waals surface area (Å²) in [7, 11) is 0. The fraction of sp³-hybridized carbons (Fsp3) is 0.238. The fourth-order valence-electron chi connectivity index (χ4n) is 3.17. The Morgan fingerprint density at radius 3 is 2.61 bits per heavy atom. The Morgan fingerprint density at radius 2 is 2.00 bits per heavy atom. The number of carboxylic acid groups (broad SMARTS) is 1. The van der Waals surface area contributed by atoms with Crippen LogP contribution < -0.4 is 11.1 Å². The van der Waals surface area contributed by atoms with Crippen LogP contribution in [0, 0.1) is 5.82 Å². The number of aromatic amines is 1. The number of H-pyrrole nitrogens is 1. The molecule has 3 rings (SSSR count). The van der Waals surface area contributed by atoms with Gasteiger partial charge in [-0.05, 0) is 49.1 Å². The summed E-state index contributed by atoms with van der Waals surface area (Å²) in [5.41, 5.74) is 6.24. The van der Waals surface area contributed by atoms with Crippen molar-refractivity contribution in [1.29, 1.82) is 0 Å². The number of nitrogens with one attached hydrogen (secondary N) is 2. The average molecular weight is 446 g/mol. The maximum Gasteiger partial charge on any atom is 0.323 e. The number of hydrogen-bond donors (Lipinski definition) is 4. The number of aromatic nitrogens is 3. The monoisotopic (exact) mass is 445 g/mol. The lowest BCUT2D eigenvalue weighted by molar-refractivity contribution is -0.143. The van der Waals surface area contributed by atoms with Crippen molar-refractivity contribution in [3.05, 3.63) is 70.8 Å². The zero-order valence-corrected chi connectivity index (χ0v) is 17.4. The van der Waals surface area contributed by atoms with Crippen molar-refractivity contribution in [2.24, 2.45) is 5.73 Å². The quantitative estimate of drug-likeness (QED) is 0.421. The molecule has 1 heterocycles. The third-order valence-electron chi connectivity index (χ3n) is 4.82. The van der Waals surface area contributed by atoms with E-state index in [4.69, 9.17) is 17.3 Å². The molecule has 31 heavy (non-hydrogen) atoms. The molecule has 2 aromatic carbocycles. The number of aliphatic carboxylic acids is 1. The van der Waals surface area contributed by atoms with Gasteiger partial charge in [0.25, 0.3) is 5.91 Å². The lowest BCUT2D eigenvalue weighted by Gasteiger charge is -2.26. The van der Waals surface area contributed by atoms with Gasteiger partial charge < -0.3 is 16.2 Å². The number of hydrogen-bond acceptors (Lipinski definition) is 5. The van der Waals surface area contributed by atoms with E-state index in [-0.39, 0.29) is 12.1 Å². The molecule has 0 fully saturated rings. The molecule has 0 radical (unpaired) electrons. The second-order valence-corrected chi connectivity index (χ2v) is 7.91. The third-order valence-corrected chi connectivity index (χ3v) is 5.05. The number of benzene rings is 2. The van der Waals surface area contributed by atoms with Crippen LogP contribution in [-0.4, -0.2) is 44.0 Å². The summed E-state index contributed by atoms with van der Waals surface area (Å²) >= 11 is 5.97. The van der Waals surface area contributed by atoms with E-state index >= 15 is 0 Å². The summed E-state index contributed by atoms with van der Waals surface area (Å²) in [6, 6.07) is 10.7. The van der Waals surface area contributed by atoms with Gasteiger partial charge in [0.05, 0.1) is 6.20 Å². The molecular weight excluding hydrogens is 425 g/mol. The molecule has 0 bridgehead atoms. The molecule has 10 heteroatoms. The second kappa shape index (κ2) is 9.23. The molecule has 162 valence electrons. The van der Waals surface area contributed by atoms with E-state index in [2.05, 4.69) is 20.7 Å². The molecule has 0 aliphatic heterocycles. The van der Waals surface area contributed by atoms with Gasteiger partial charge in [0, 0.05) is 16.6 Å². The van der Waals surface area contributed by atoms with Crippen LogP contribution >= 0.6 is 11.6 Å². The predicted octanol–water partition coefficient (Wildman–Crippen LogP) is 2.80. The topological polar surface area (TPSA) is 134 Å². The number of carbonyl (C=O) groups excluding carboxylic acids is 1. The summed E-state index contributed by atoms with van der Waals surface area (Å²) < 4.78 is 14.1. The highest BCUT2D eigenvalue weighted by Crippen LogP contribution is 2.27. The van der Waals surface area contributed by atoms with Gasteiger partial charge in [0.2, 0.25) is 0 Å². The van der Waals surface area contributed by atoms with Crippen LogP contribution in [0.2, 0.25) is 5.02 Å². The number of carbonyl (C=O) groups is 2. The molecule has 0 unspecified atom stereocenters. The minimum atomic E-state index is -1.55. The average Bonchev–Trinajstić information content (AvgIpc) is 3.25. The van der Waals surface area contributed by atoms with Gasteiger partial charge in [0.15, 0.2) is 5.69 Å². The summed E-state index contributed by atoms with van der Waals surface area (Å²) in [5.74, 6) is -2.08. The molecule has 1 amide bonds. The van der Waals surface area contributed by atoms with Crippen molar-refractivity contribution >= 4 is 23.5 Å². The Hall–Kier alpha value is -3.30. The molecule has 0 saturated carbocycles. The highest BCUT2D eigenvalue weighted by atomic mass is 35.5. The molecule has 0 aliphatic carbocycles. The van der Waals surface area contributed by atoms with Gasteiger partial charge in [-0.2, -0.15) is 15.4 Å². The molecule has 0 aliphatic rings. The molecule has 2 atom stereocenters. The fourth-order valence-corrected chi connectivity index (χ4v) is 3.34. The number of nitrogens with two attached hydrogens (primary N) is 1. The first-order valence-electron chi connectivity index (χ1n) is 9.39. The van der Waals surface area contributed by atoms with Crippen molar-refractivity contribution in [2.75, 3.05) is 0 Å². The van der Waals surface area contributed by atoms with E-state index in [0.29, 0.717) is 22.6 Å². The van der Waals surface area contributed by atoms with E-state index in [0.717, 1.165) is 5.56 Å². The SMILES string of the molecule is C[C@@](N)(C[C@@H](Cc1ccc(-c2cc(Cl)ccc2F)cc1)NC(=O)c1cn[nH]n1)C(=O)O. The first kappa shape index (κ1) is 22.4. The predicted molar refractivity (Wildman–Crippen MR) is 113 cm³/mol. The number of nitrogens with zero attached hydrogens (tertiary/aromatic N) is 2. The Kier molecular flexibility index (Phi) is 6.67. The molecule has 3 aromatic rings. The Labute approximate surface area is 182 Å². The Bertz CT molecular complexity index is 1070. The summed E-state index contributed by atoms with van der Waals surface area (Å²) in [5, 5.41) is 22.2. The maximum atomic E-state index is 14.1. The first-order valence-corrected chi connectivity index (χ1v) is 9.77. The van der Waals surface area contributed by atoms with Gasteiger partial charge in [-0.25, -0.2) is 4.39 Å². The van der Waals surface area contributed by atoms with E-state index < -0.39 is 29.3 Å². The van der Waals surface area contributed by atoms with Crippen LogP contribution in [0.5, 0.6) is 0 Å². The van der Waals surface area contributed by atoms with E-state index in [1.807, 2.05) is 0 Å². The van der Waals surface area contributed by atoms with Gasteiger partial charge in [-0.15, -0.1) is 0 Å². The number of halogens is 2. The van der Waals surface area contributed by atoms with Crippen molar-refractivity contribution in [2.45, 2.75) is 31.3 Å². The van der Waals surface area contributed by atoms with Crippen LogP contribution in [0.25, 0.3) is 11.1 Å². The summed E-state index contributed by atoms with van der Waals surface area (Å²) in [6.45, 7) is 1.38. The first-order chi connectivity index (χ1) is 14.7. The van der Waals surface area contributed by atoms with Gasteiger partial charge in [-0.1, -0.05) is 35.9 Å². The highest BCUT2D eigenvalue weighted by Gasteiger charge is 2.32. The zero-order valence-electron chi connectivity index (χ0n) is 16.6. The van der Waals surface area contributed by atoms with Crippen LogP contribution in [0.3, 0.4) is 0 Å². The minimum Gasteiger partial charge on any atom is -0.480 e. The molecule has 1 aromatic heterocycles. The Balaban J connectivity index is 1.80. The van der Waals surface area contributed by atoms with Crippen LogP contribution in [0.1, 0.15) is 29.4 Å². The normalized spacial score (nSPS) is 13.9. The smallest absolute Gasteiger partial charge is 0.323 e. The van der Waals surface area contributed by atoms with E-state index in [1.165, 1.54) is 25.3 Å². The highest BCUT2D eigenvalue weighted by molar-refractivity contribution is 6.30. The zero-order chi connectivity index (χ0) is 22.6. The third kappa shape index (κ3) is 5.65. The standard InChI is InChI=1S/C21H21ClFN5O3/c1-21(24,20(30)31)10-15(26-19(29)18-11-25-28-27-18)8-12-2-4-13(5-3-12)16-9-14(22)6-7-17(16)23/h2-7,9,11,15H,8,10,24H2,1H3,(H,26,29)(H,30,31)(H,25,27,28)/t15-,21-/m1/s1. The molecule has 8 nitrogen and oxygen atoms in total. The van der Waals surface area contributed by atoms with Gasteiger partial charge in [-0.3, -0.25) is 9.59 Å². The van der Waals surface area contributed by atoms with Crippen molar-refractivity contribution < 1.29 is 19.1 Å². The lowest BCUT2D eigenvalue weighted by Crippen LogP contribution is -2.51. The van der Waals surface area contributed by atoms with Crippen molar-refractivity contribution in [1.82, 2.24) is 20.7 Å². The largest absolute Gasteiger partial charge is 0.480 e. The van der Waals surface area contributed by atoms with Crippen molar-refractivity contribution in [3.63, 3.8) is 0 Å². The molecule has 5 N–H and O–H groups in total. The van der Waals surface area contributed by atoms with E-state index in [9.17, 15) is 19.1 Å². The minimum absolute atomic E-state index is 0.0173. The van der Waals surface area contributed by atoms with Crippen LogP contribution in [0.15, 0.2) is 48.7 Å². The Morgan fingerprint density at radius 1 is 1.29 bits per heavy atom. The van der Waals surface area contributed by atoms with Gasteiger partial charge >= 0.3 is 5.97 Å². The summed E-state index contributed by atoms with van der Waals surface area (Å²) in [6.07, 6.45) is 1.55. The van der Waals surface area contributed by atoms with Crippen molar-refractivity contribution in [3.8, 4) is 11.1 Å². The van der Waals surface area contributed by atoms with Crippen LogP contribution in [-0.2, 0) is 11.2 Å². The molecule has 0 saturated heterocycles. The summed E-state index contributed by atoms with van der Waals surface area (Å²) in [4.78, 5) is 23.9. The molecular formula is C21H21ClFN5O3. The number of carboxylic acids is 1. The second-order valence-electron chi connectivity index (χ2n) is 7.48. The van der Waals surface area contributed by atoms with E-state index in [1.54, 1.807) is 30.3 Å². The maximum absolute atomic E-state index is 14.1. The number of rotatable bonds is 8. The van der Waals surface area contributed by atoms with Gasteiger partial charge in [0.1, 0.15) is 11.4 Å². The molecule has 0 spiro atoms. The van der Waals surface area contributed by atoms with Crippen LogP contribution in [0.4, 0.5) is 4.39 Å².